The van der Waals surface area contributed by atoms with Crippen LogP contribution in [0.15, 0.2) is 36.8 Å². The lowest BCUT2D eigenvalue weighted by Gasteiger charge is -2.06. The highest BCUT2D eigenvalue weighted by Crippen LogP contribution is 2.35. The molecule has 0 radical (unpaired) electrons. The standard InChI is InChI=1S/C18H11Cl2N7/c1-9-2-3-22-13(4-9)25-17-15-18(24-8-23-17)27-16(26-15)14-11(19)5-10(7-21)6-12(14)20/h2-6,8H,1H3,(H2,22,23,24,25,26,27). The molecule has 0 saturated carbocycles. The Bertz CT molecular complexity index is 1190. The minimum atomic E-state index is 0.320. The molecule has 0 saturated heterocycles. The summed E-state index contributed by atoms with van der Waals surface area (Å²) in [6.07, 6.45) is 3.12. The smallest absolute Gasteiger partial charge is 0.183 e. The summed E-state index contributed by atoms with van der Waals surface area (Å²) in [7, 11) is 0. The minimum absolute atomic E-state index is 0.320. The highest BCUT2D eigenvalue weighted by atomic mass is 35.5. The largest absolute Gasteiger partial charge is 0.333 e. The number of nitriles is 1. The lowest BCUT2D eigenvalue weighted by Crippen LogP contribution is -1.98. The molecular weight excluding hydrogens is 385 g/mol. The third kappa shape index (κ3) is 3.28. The van der Waals surface area contributed by atoms with Crippen molar-refractivity contribution in [3.05, 3.63) is 58.0 Å². The maximum atomic E-state index is 9.04. The molecule has 9 heteroatoms. The quantitative estimate of drug-likeness (QED) is 0.523. The molecule has 7 nitrogen and oxygen atoms in total. The molecule has 0 bridgehead atoms. The molecule has 0 spiro atoms. The summed E-state index contributed by atoms with van der Waals surface area (Å²) in [5.41, 5.74) is 2.98. The minimum Gasteiger partial charge on any atom is -0.333 e. The molecule has 0 aliphatic heterocycles. The van der Waals surface area contributed by atoms with Crippen molar-refractivity contribution in [3.8, 4) is 17.5 Å². The number of pyridine rings is 1. The van der Waals surface area contributed by atoms with Crippen molar-refractivity contribution < 1.29 is 0 Å². The fourth-order valence-corrected chi connectivity index (χ4v) is 3.30. The number of hydrogen-bond acceptors (Lipinski definition) is 6. The Morgan fingerprint density at radius 3 is 2.59 bits per heavy atom. The molecule has 0 fully saturated rings. The summed E-state index contributed by atoms with van der Waals surface area (Å²) in [5.74, 6) is 1.61. The van der Waals surface area contributed by atoms with Gasteiger partial charge in [-0.05, 0) is 36.8 Å². The number of imidazole rings is 1. The number of anilines is 2. The zero-order valence-corrected chi connectivity index (χ0v) is 15.5. The lowest BCUT2D eigenvalue weighted by molar-refractivity contribution is 1.18. The number of nitrogens with one attached hydrogen (secondary N) is 2. The highest BCUT2D eigenvalue weighted by molar-refractivity contribution is 6.39. The van der Waals surface area contributed by atoms with E-state index >= 15 is 0 Å². The first-order valence-corrected chi connectivity index (χ1v) is 8.60. The Hall–Kier alpha value is -3.21. The van der Waals surface area contributed by atoms with Gasteiger partial charge < -0.3 is 10.3 Å². The molecule has 4 rings (SSSR count). The van der Waals surface area contributed by atoms with Crippen LogP contribution in [-0.2, 0) is 0 Å². The van der Waals surface area contributed by atoms with Crippen molar-refractivity contribution in [3.63, 3.8) is 0 Å². The van der Waals surface area contributed by atoms with E-state index in [2.05, 4.69) is 30.2 Å². The summed E-state index contributed by atoms with van der Waals surface area (Å²) in [6.45, 7) is 1.98. The summed E-state index contributed by atoms with van der Waals surface area (Å²) < 4.78 is 0. The fraction of sp³-hybridized carbons (Fsp3) is 0.0556. The zero-order valence-electron chi connectivity index (χ0n) is 14.0. The van der Waals surface area contributed by atoms with Crippen molar-refractivity contribution in [2.45, 2.75) is 6.92 Å². The summed E-state index contributed by atoms with van der Waals surface area (Å²) >= 11 is 12.6. The van der Waals surface area contributed by atoms with Crippen LogP contribution in [0.5, 0.6) is 0 Å². The third-order valence-electron chi connectivity index (χ3n) is 3.86. The summed E-state index contributed by atoms with van der Waals surface area (Å²) in [6, 6.07) is 8.90. The van der Waals surface area contributed by atoms with Crippen LogP contribution in [0.25, 0.3) is 22.6 Å². The molecule has 132 valence electrons. The number of H-pyrrole nitrogens is 1. The van der Waals surface area contributed by atoms with Gasteiger partial charge in [0.2, 0.25) is 0 Å². The van der Waals surface area contributed by atoms with E-state index in [1.165, 1.54) is 18.5 Å². The van der Waals surface area contributed by atoms with Crippen molar-refractivity contribution in [1.29, 1.82) is 5.26 Å². The molecule has 2 N–H and O–H groups in total. The Labute approximate surface area is 164 Å². The van der Waals surface area contributed by atoms with Crippen LogP contribution in [0.2, 0.25) is 10.0 Å². The van der Waals surface area contributed by atoms with Crippen LogP contribution < -0.4 is 5.32 Å². The van der Waals surface area contributed by atoms with Gasteiger partial charge in [-0.15, -0.1) is 0 Å². The number of halogens is 2. The second-order valence-corrected chi connectivity index (χ2v) is 6.59. The van der Waals surface area contributed by atoms with E-state index in [-0.39, 0.29) is 0 Å². The Morgan fingerprint density at radius 1 is 1.11 bits per heavy atom. The van der Waals surface area contributed by atoms with Gasteiger partial charge in [0.25, 0.3) is 0 Å². The number of benzene rings is 1. The summed E-state index contributed by atoms with van der Waals surface area (Å²) in [4.78, 5) is 20.3. The first-order valence-electron chi connectivity index (χ1n) is 7.85. The second kappa shape index (κ2) is 6.83. The van der Waals surface area contributed by atoms with Gasteiger partial charge in [0, 0.05) is 6.20 Å². The van der Waals surface area contributed by atoms with Crippen LogP contribution >= 0.6 is 23.2 Å². The van der Waals surface area contributed by atoms with E-state index in [0.717, 1.165) is 5.56 Å². The maximum absolute atomic E-state index is 9.04. The van der Waals surface area contributed by atoms with Crippen LogP contribution in [0.3, 0.4) is 0 Å². The molecule has 0 unspecified atom stereocenters. The molecular formula is C18H11Cl2N7. The Kier molecular flexibility index (Phi) is 4.36. The fourth-order valence-electron chi connectivity index (χ4n) is 2.63. The van der Waals surface area contributed by atoms with E-state index in [0.29, 0.717) is 49.8 Å². The normalized spacial score (nSPS) is 10.7. The molecule has 0 aliphatic rings. The zero-order chi connectivity index (χ0) is 19.0. The first kappa shape index (κ1) is 17.2. The van der Waals surface area contributed by atoms with Crippen molar-refractivity contribution in [2.24, 2.45) is 0 Å². The van der Waals surface area contributed by atoms with Gasteiger partial charge in [-0.25, -0.2) is 19.9 Å². The van der Waals surface area contributed by atoms with E-state index in [1.807, 2.05) is 25.1 Å². The second-order valence-electron chi connectivity index (χ2n) is 5.78. The number of hydrogen-bond donors (Lipinski definition) is 2. The number of rotatable bonds is 3. The van der Waals surface area contributed by atoms with E-state index in [9.17, 15) is 0 Å². The monoisotopic (exact) mass is 395 g/mol. The van der Waals surface area contributed by atoms with Gasteiger partial charge >= 0.3 is 0 Å². The van der Waals surface area contributed by atoms with Gasteiger partial charge in [-0.2, -0.15) is 5.26 Å². The van der Waals surface area contributed by atoms with Crippen LogP contribution in [-0.4, -0.2) is 24.9 Å². The molecule has 0 amide bonds. The molecule has 3 heterocycles. The van der Waals surface area contributed by atoms with E-state index < -0.39 is 0 Å². The predicted octanol–water partition coefficient (Wildman–Crippen LogP) is 4.65. The highest BCUT2D eigenvalue weighted by Gasteiger charge is 2.17. The van der Waals surface area contributed by atoms with E-state index in [1.54, 1.807) is 6.20 Å². The topological polar surface area (TPSA) is 103 Å². The van der Waals surface area contributed by atoms with Crippen molar-refractivity contribution in [2.75, 3.05) is 5.32 Å². The van der Waals surface area contributed by atoms with Gasteiger partial charge in [0.1, 0.15) is 23.5 Å². The lowest BCUT2D eigenvalue weighted by atomic mass is 10.1. The maximum Gasteiger partial charge on any atom is 0.183 e. The van der Waals surface area contributed by atoms with Crippen LogP contribution in [0, 0.1) is 18.3 Å². The molecule has 0 aliphatic carbocycles. The number of aromatic amines is 1. The van der Waals surface area contributed by atoms with Gasteiger partial charge in [-0.3, -0.25) is 0 Å². The van der Waals surface area contributed by atoms with E-state index in [4.69, 9.17) is 28.5 Å². The van der Waals surface area contributed by atoms with Crippen molar-refractivity contribution >= 4 is 46.0 Å². The first-order chi connectivity index (χ1) is 13.0. The number of fused-ring (bicyclic) bond motifs is 1. The van der Waals surface area contributed by atoms with Crippen LogP contribution in [0.1, 0.15) is 11.1 Å². The number of aromatic nitrogens is 5. The average Bonchev–Trinajstić information content (AvgIpc) is 3.05. The number of aryl methyl sites for hydroxylation is 1. The van der Waals surface area contributed by atoms with Crippen LogP contribution in [0.4, 0.5) is 11.6 Å². The summed E-state index contributed by atoms with van der Waals surface area (Å²) in [5, 5.41) is 12.8. The Morgan fingerprint density at radius 2 is 1.89 bits per heavy atom. The van der Waals surface area contributed by atoms with Gasteiger partial charge in [0.05, 0.1) is 27.2 Å². The Balaban J connectivity index is 1.81. The molecule has 3 aromatic heterocycles. The number of nitrogens with zero attached hydrogens (tertiary/aromatic N) is 5. The molecule has 4 aromatic rings. The predicted molar refractivity (Wildman–Crippen MR) is 104 cm³/mol. The SMILES string of the molecule is Cc1ccnc(Nc2ncnc3nc(-c4c(Cl)cc(C#N)cc4Cl)[nH]c23)c1. The van der Waals surface area contributed by atoms with Crippen molar-refractivity contribution in [1.82, 2.24) is 24.9 Å². The molecule has 0 atom stereocenters. The molecule has 27 heavy (non-hydrogen) atoms. The molecule has 1 aromatic carbocycles. The third-order valence-corrected chi connectivity index (χ3v) is 4.45. The van der Waals surface area contributed by atoms with Gasteiger partial charge in [0.15, 0.2) is 11.5 Å². The average molecular weight is 396 g/mol. The van der Waals surface area contributed by atoms with Gasteiger partial charge in [-0.1, -0.05) is 23.2 Å².